The minimum absolute atomic E-state index is 0.147. The van der Waals surface area contributed by atoms with E-state index in [9.17, 15) is 14.7 Å². The lowest BCUT2D eigenvalue weighted by Crippen LogP contribution is -2.47. The van der Waals surface area contributed by atoms with E-state index in [1.54, 1.807) is 12.1 Å². The summed E-state index contributed by atoms with van der Waals surface area (Å²) in [7, 11) is 0. The fraction of sp³-hybridized carbons (Fsp3) is 0.273. The Morgan fingerprint density at radius 2 is 2.19 bits per heavy atom. The normalized spacial score (nSPS) is 26.8. The Bertz CT molecular complexity index is 488. The number of carboxylic acid groups (broad SMARTS) is 1. The number of nitrogens with zero attached hydrogens (tertiary/aromatic N) is 1. The van der Waals surface area contributed by atoms with E-state index >= 15 is 0 Å². The van der Waals surface area contributed by atoms with E-state index in [4.69, 9.17) is 0 Å². The molecule has 82 valence electrons. The Labute approximate surface area is 96.2 Å². The molecular formula is C11H8NO3S-. The number of carboxylic acids is 1. The summed E-state index contributed by atoms with van der Waals surface area (Å²) in [5, 5.41) is 10.8. The summed E-state index contributed by atoms with van der Waals surface area (Å²) >= 11 is 1.48. The molecule has 4 nitrogen and oxygen atoms in total. The van der Waals surface area contributed by atoms with Crippen molar-refractivity contribution in [3.05, 3.63) is 35.4 Å². The van der Waals surface area contributed by atoms with E-state index in [0.29, 0.717) is 11.3 Å². The zero-order valence-electron chi connectivity index (χ0n) is 8.25. The van der Waals surface area contributed by atoms with Crippen LogP contribution in [-0.4, -0.2) is 28.6 Å². The van der Waals surface area contributed by atoms with E-state index in [-0.39, 0.29) is 11.3 Å². The van der Waals surface area contributed by atoms with Gasteiger partial charge in [-0.25, -0.2) is 0 Å². The van der Waals surface area contributed by atoms with E-state index < -0.39 is 12.0 Å². The van der Waals surface area contributed by atoms with Crippen molar-refractivity contribution in [3.63, 3.8) is 0 Å². The molecule has 0 aromatic heterocycles. The van der Waals surface area contributed by atoms with E-state index in [2.05, 4.69) is 0 Å². The fourth-order valence-electron chi connectivity index (χ4n) is 2.22. The number of fused-ring (bicyclic) bond motifs is 3. The molecule has 1 saturated heterocycles. The van der Waals surface area contributed by atoms with Crippen LogP contribution in [0.4, 0.5) is 0 Å². The number of amides is 1. The lowest BCUT2D eigenvalue weighted by molar-refractivity contribution is -0.309. The monoisotopic (exact) mass is 234 g/mol. The van der Waals surface area contributed by atoms with E-state index in [1.165, 1.54) is 16.7 Å². The second kappa shape index (κ2) is 3.25. The van der Waals surface area contributed by atoms with Gasteiger partial charge in [0.2, 0.25) is 0 Å². The number of hydrogen-bond acceptors (Lipinski definition) is 4. The number of aliphatic carboxylic acids is 1. The second-order valence-corrected chi connectivity index (χ2v) is 4.93. The van der Waals surface area contributed by atoms with Crippen LogP contribution in [0, 0.1) is 0 Å². The highest BCUT2D eigenvalue weighted by molar-refractivity contribution is 7.99. The molecular weight excluding hydrogens is 226 g/mol. The van der Waals surface area contributed by atoms with Crippen LogP contribution < -0.4 is 5.11 Å². The summed E-state index contributed by atoms with van der Waals surface area (Å²) in [4.78, 5) is 24.4. The molecule has 0 aliphatic carbocycles. The molecule has 1 aromatic carbocycles. The number of carbonyl (C=O) groups excluding carboxylic acids is 2. The Morgan fingerprint density at radius 3 is 2.94 bits per heavy atom. The van der Waals surface area contributed by atoms with Crippen molar-refractivity contribution < 1.29 is 14.7 Å². The molecule has 1 aromatic rings. The topological polar surface area (TPSA) is 60.4 Å². The van der Waals surface area contributed by atoms with Crippen LogP contribution in [0.3, 0.4) is 0 Å². The van der Waals surface area contributed by atoms with Gasteiger partial charge >= 0.3 is 0 Å². The number of rotatable bonds is 1. The van der Waals surface area contributed by atoms with Gasteiger partial charge in [0.25, 0.3) is 5.91 Å². The summed E-state index contributed by atoms with van der Waals surface area (Å²) < 4.78 is 0. The van der Waals surface area contributed by atoms with Gasteiger partial charge in [0.15, 0.2) is 0 Å². The molecule has 2 atom stereocenters. The molecule has 0 radical (unpaired) electrons. The van der Waals surface area contributed by atoms with Gasteiger partial charge < -0.3 is 14.8 Å². The third kappa shape index (κ3) is 1.12. The van der Waals surface area contributed by atoms with Crippen molar-refractivity contribution in [2.24, 2.45) is 0 Å². The van der Waals surface area contributed by atoms with Crippen LogP contribution in [0.15, 0.2) is 24.3 Å². The third-order valence-corrected chi connectivity index (χ3v) is 4.27. The minimum atomic E-state index is -1.17. The van der Waals surface area contributed by atoms with E-state index in [0.717, 1.165) is 5.56 Å². The molecule has 0 N–H and O–H groups in total. The number of hydrogen-bond donors (Lipinski definition) is 0. The largest absolute Gasteiger partial charge is 0.548 e. The van der Waals surface area contributed by atoms with Gasteiger partial charge in [-0.2, -0.15) is 0 Å². The molecule has 0 spiro atoms. The van der Waals surface area contributed by atoms with Gasteiger partial charge in [0, 0.05) is 11.3 Å². The highest BCUT2D eigenvalue weighted by Crippen LogP contribution is 2.47. The summed E-state index contributed by atoms with van der Waals surface area (Å²) in [6, 6.07) is 6.47. The van der Waals surface area contributed by atoms with Gasteiger partial charge in [-0.3, -0.25) is 4.79 Å². The molecule has 16 heavy (non-hydrogen) atoms. The molecule has 2 aliphatic rings. The zero-order chi connectivity index (χ0) is 11.3. The van der Waals surface area contributed by atoms with Crippen molar-refractivity contribution in [2.75, 3.05) is 5.75 Å². The van der Waals surface area contributed by atoms with Gasteiger partial charge in [-0.15, -0.1) is 11.8 Å². The maximum atomic E-state index is 12.0. The Hall–Kier alpha value is -1.49. The van der Waals surface area contributed by atoms with Crippen molar-refractivity contribution in [3.8, 4) is 0 Å². The maximum absolute atomic E-state index is 12.0. The molecule has 0 saturated carbocycles. The van der Waals surface area contributed by atoms with Crippen LogP contribution in [0.2, 0.25) is 0 Å². The predicted octanol–water partition coefficient (Wildman–Crippen LogP) is 0.00630. The van der Waals surface area contributed by atoms with Crippen molar-refractivity contribution in [1.82, 2.24) is 4.90 Å². The molecule has 5 heteroatoms. The number of carbonyl (C=O) groups is 2. The SMILES string of the molecule is O=C([O-])[C@@H]1CS[C@@H]2c3ccccc3C(=O)N21. The number of thioether (sulfide) groups is 1. The Morgan fingerprint density at radius 1 is 1.44 bits per heavy atom. The van der Waals surface area contributed by atoms with Gasteiger partial charge in [-0.05, 0) is 11.6 Å². The van der Waals surface area contributed by atoms with Gasteiger partial charge in [0.05, 0.1) is 12.0 Å². The molecule has 1 amide bonds. The van der Waals surface area contributed by atoms with E-state index in [1.807, 2.05) is 12.1 Å². The quantitative estimate of drug-likeness (QED) is 0.686. The molecule has 3 rings (SSSR count). The highest BCUT2D eigenvalue weighted by Gasteiger charge is 2.45. The summed E-state index contributed by atoms with van der Waals surface area (Å²) in [5.74, 6) is -0.955. The molecule has 2 aliphatic heterocycles. The van der Waals surface area contributed by atoms with Crippen molar-refractivity contribution >= 4 is 23.6 Å². The molecule has 1 fully saturated rings. The van der Waals surface area contributed by atoms with Gasteiger partial charge in [0.1, 0.15) is 5.37 Å². The summed E-state index contributed by atoms with van der Waals surface area (Å²) in [6.45, 7) is 0. The lowest BCUT2D eigenvalue weighted by Gasteiger charge is -2.23. The van der Waals surface area contributed by atoms with Crippen molar-refractivity contribution in [2.45, 2.75) is 11.4 Å². The standard InChI is InChI=1S/C11H9NO3S/c13-9-6-3-1-2-4-7(6)10-12(9)8(5-16-10)11(14)15/h1-4,8,10H,5H2,(H,14,15)/p-1/t8-,10+/m0/s1. The van der Waals surface area contributed by atoms with Crippen LogP contribution in [-0.2, 0) is 4.79 Å². The van der Waals surface area contributed by atoms with Crippen LogP contribution >= 0.6 is 11.8 Å². The predicted molar refractivity (Wildman–Crippen MR) is 56.6 cm³/mol. The molecule has 2 heterocycles. The first-order valence-corrected chi connectivity index (χ1v) is 5.99. The third-order valence-electron chi connectivity index (χ3n) is 2.96. The zero-order valence-corrected chi connectivity index (χ0v) is 9.07. The first-order valence-electron chi connectivity index (χ1n) is 4.94. The smallest absolute Gasteiger partial charge is 0.256 e. The maximum Gasteiger partial charge on any atom is 0.256 e. The second-order valence-electron chi connectivity index (χ2n) is 3.82. The highest BCUT2D eigenvalue weighted by atomic mass is 32.2. The van der Waals surface area contributed by atoms with Crippen LogP contribution in [0.5, 0.6) is 0 Å². The Balaban J connectivity index is 2.07. The lowest BCUT2D eigenvalue weighted by atomic mass is 10.1. The molecule has 0 unspecified atom stereocenters. The van der Waals surface area contributed by atoms with Crippen molar-refractivity contribution in [1.29, 1.82) is 0 Å². The first-order chi connectivity index (χ1) is 7.70. The van der Waals surface area contributed by atoms with Crippen LogP contribution in [0.25, 0.3) is 0 Å². The fourth-order valence-corrected chi connectivity index (χ4v) is 3.67. The number of benzene rings is 1. The molecule has 0 bridgehead atoms. The minimum Gasteiger partial charge on any atom is -0.548 e. The Kier molecular flexibility index (Phi) is 1.97. The summed E-state index contributed by atoms with van der Waals surface area (Å²) in [5.41, 5.74) is 1.53. The van der Waals surface area contributed by atoms with Crippen LogP contribution in [0.1, 0.15) is 21.3 Å². The average molecular weight is 234 g/mol. The summed E-state index contributed by atoms with van der Waals surface area (Å²) in [6.07, 6.45) is 0. The van der Waals surface area contributed by atoms with Gasteiger partial charge in [-0.1, -0.05) is 18.2 Å². The first kappa shape index (κ1) is 9.72. The average Bonchev–Trinajstić information content (AvgIpc) is 2.81.